The van der Waals surface area contributed by atoms with Gasteiger partial charge in [-0.1, -0.05) is 93.5 Å². The van der Waals surface area contributed by atoms with Crippen molar-refractivity contribution >= 4 is 0 Å². The van der Waals surface area contributed by atoms with E-state index in [0.29, 0.717) is 34.7 Å². The molecule has 2 aromatic rings. The van der Waals surface area contributed by atoms with Crippen LogP contribution in [0.25, 0.3) is 0 Å². The van der Waals surface area contributed by atoms with Gasteiger partial charge in [0.1, 0.15) is 11.5 Å². The molecule has 0 heterocycles. The molecule has 2 saturated carbocycles. The molecule has 2 bridgehead atoms. The van der Waals surface area contributed by atoms with Crippen molar-refractivity contribution in [1.82, 2.24) is 0 Å². The van der Waals surface area contributed by atoms with Crippen molar-refractivity contribution < 1.29 is 10.2 Å². The van der Waals surface area contributed by atoms with Crippen LogP contribution in [0.5, 0.6) is 11.5 Å². The molecule has 0 aromatic heterocycles. The van der Waals surface area contributed by atoms with Crippen LogP contribution in [0, 0.1) is 23.2 Å². The van der Waals surface area contributed by atoms with Gasteiger partial charge in [0.25, 0.3) is 0 Å². The molecule has 2 aliphatic rings. The summed E-state index contributed by atoms with van der Waals surface area (Å²) in [5.41, 5.74) is 6.60. The lowest BCUT2D eigenvalue weighted by Crippen LogP contribution is -2.26. The molecule has 0 saturated heterocycles. The minimum absolute atomic E-state index is 0.0141. The number of rotatable bonds is 5. The first-order valence-electron chi connectivity index (χ1n) is 14.3. The Morgan fingerprint density at radius 1 is 0.778 bits per heavy atom. The predicted octanol–water partition coefficient (Wildman–Crippen LogP) is 9.02. The molecule has 4 rings (SSSR count). The molecular weight excluding hydrogens is 440 g/mol. The van der Waals surface area contributed by atoms with Crippen LogP contribution < -0.4 is 0 Å². The molecule has 2 nitrogen and oxygen atoms in total. The molecule has 0 radical (unpaired) electrons. The topological polar surface area (TPSA) is 40.5 Å². The number of hydrogen-bond donors (Lipinski definition) is 2. The second-order valence-corrected chi connectivity index (χ2v) is 14.4. The molecule has 36 heavy (non-hydrogen) atoms. The maximum Gasteiger partial charge on any atom is 0.123 e. The third-order valence-corrected chi connectivity index (χ3v) is 9.84. The van der Waals surface area contributed by atoms with Gasteiger partial charge in [0.05, 0.1) is 0 Å². The fraction of sp³-hybridized carbons (Fsp3) is 0.647. The fourth-order valence-electron chi connectivity index (χ4n) is 7.57. The highest BCUT2D eigenvalue weighted by Crippen LogP contribution is 2.65. The Morgan fingerprint density at radius 3 is 1.53 bits per heavy atom. The Morgan fingerprint density at radius 2 is 1.22 bits per heavy atom. The van der Waals surface area contributed by atoms with E-state index in [1.54, 1.807) is 0 Å². The summed E-state index contributed by atoms with van der Waals surface area (Å²) in [7, 11) is 0. The molecule has 2 N–H and O–H groups in total. The number of fused-ring (bicyclic) bond motifs is 2. The first kappa shape index (κ1) is 27.1. The number of hydrogen-bond acceptors (Lipinski definition) is 2. The fourth-order valence-corrected chi connectivity index (χ4v) is 7.57. The van der Waals surface area contributed by atoms with Gasteiger partial charge in [-0.15, -0.1) is 0 Å². The number of benzene rings is 2. The van der Waals surface area contributed by atoms with Gasteiger partial charge < -0.3 is 10.2 Å². The normalized spacial score (nSPS) is 23.6. The first-order chi connectivity index (χ1) is 16.6. The van der Waals surface area contributed by atoms with Crippen LogP contribution in [-0.2, 0) is 23.7 Å². The summed E-state index contributed by atoms with van der Waals surface area (Å²) < 4.78 is 0. The Bertz CT molecular complexity index is 1050. The van der Waals surface area contributed by atoms with E-state index >= 15 is 0 Å². The Hall–Kier alpha value is -1.96. The summed E-state index contributed by atoms with van der Waals surface area (Å²) in [5, 5.41) is 23.8. The largest absolute Gasteiger partial charge is 0.507 e. The van der Waals surface area contributed by atoms with E-state index in [4.69, 9.17) is 0 Å². The van der Waals surface area contributed by atoms with Crippen molar-refractivity contribution in [3.8, 4) is 11.5 Å². The number of phenolic OH excluding ortho intramolecular Hbond substituents is 2. The zero-order valence-corrected chi connectivity index (χ0v) is 24.5. The molecule has 0 aliphatic heterocycles. The summed E-state index contributed by atoms with van der Waals surface area (Å²) in [6.07, 6.45) is 5.59. The predicted molar refractivity (Wildman–Crippen MR) is 152 cm³/mol. The average Bonchev–Trinajstić information content (AvgIpc) is 3.20. The second kappa shape index (κ2) is 9.10. The third-order valence-electron chi connectivity index (χ3n) is 9.84. The monoisotopic (exact) mass is 490 g/mol. The maximum absolute atomic E-state index is 11.9. The minimum Gasteiger partial charge on any atom is -0.507 e. The summed E-state index contributed by atoms with van der Waals surface area (Å²) in [4.78, 5) is 0. The van der Waals surface area contributed by atoms with E-state index in [1.807, 2.05) is 0 Å². The average molecular weight is 491 g/mol. The number of aryl methyl sites for hydroxylation is 2. The van der Waals surface area contributed by atoms with E-state index < -0.39 is 0 Å². The van der Waals surface area contributed by atoms with Gasteiger partial charge >= 0.3 is 0 Å². The van der Waals surface area contributed by atoms with Crippen LogP contribution in [0.1, 0.15) is 128 Å². The molecule has 2 aliphatic carbocycles. The minimum atomic E-state index is -0.160. The standard InChI is InChI=1S/C34H50O2/c1-11-20-15-24(30(35)27(17-20)32(3,4)5)29(23-19-22-13-14-26(23)34(22,9)10)25-16-21(12-2)18-28(31(25)36)33(6,7)8/h15-18,22-23,26,29,35-36H,11-14,19H2,1-10H3. The van der Waals surface area contributed by atoms with Gasteiger partial charge in [-0.2, -0.15) is 0 Å². The van der Waals surface area contributed by atoms with Crippen LogP contribution in [-0.4, -0.2) is 10.2 Å². The van der Waals surface area contributed by atoms with Crippen LogP contribution in [0.2, 0.25) is 0 Å². The van der Waals surface area contributed by atoms with Crippen molar-refractivity contribution in [3.63, 3.8) is 0 Å². The summed E-state index contributed by atoms with van der Waals surface area (Å²) in [6.45, 7) is 22.4. The van der Waals surface area contributed by atoms with Gasteiger partial charge in [0.15, 0.2) is 0 Å². The van der Waals surface area contributed by atoms with E-state index in [-0.39, 0.29) is 16.7 Å². The van der Waals surface area contributed by atoms with Crippen LogP contribution in [0.4, 0.5) is 0 Å². The quantitative estimate of drug-likeness (QED) is 0.439. The molecule has 3 unspecified atom stereocenters. The van der Waals surface area contributed by atoms with Crippen LogP contribution in [0.3, 0.4) is 0 Å². The third kappa shape index (κ3) is 4.48. The van der Waals surface area contributed by atoms with Crippen molar-refractivity contribution in [2.75, 3.05) is 0 Å². The molecular formula is C34H50O2. The Kier molecular flexibility index (Phi) is 6.85. The molecule has 2 heteroatoms. The van der Waals surface area contributed by atoms with Gasteiger partial charge in [-0.25, -0.2) is 0 Å². The molecule has 198 valence electrons. The lowest BCUT2D eigenvalue weighted by molar-refractivity contribution is 0.222. The smallest absolute Gasteiger partial charge is 0.123 e. The molecule has 0 spiro atoms. The second-order valence-electron chi connectivity index (χ2n) is 14.4. The van der Waals surface area contributed by atoms with Crippen molar-refractivity contribution in [2.45, 2.75) is 118 Å². The van der Waals surface area contributed by atoms with E-state index in [0.717, 1.165) is 35.1 Å². The van der Waals surface area contributed by atoms with Gasteiger partial charge in [-0.3, -0.25) is 0 Å². The van der Waals surface area contributed by atoms with E-state index in [2.05, 4.69) is 93.5 Å². The highest BCUT2D eigenvalue weighted by molar-refractivity contribution is 5.57. The van der Waals surface area contributed by atoms with E-state index in [9.17, 15) is 10.2 Å². The molecule has 0 amide bonds. The van der Waals surface area contributed by atoms with Gasteiger partial charge in [-0.05, 0) is 88.4 Å². The number of aromatic hydroxyl groups is 2. The Labute approximate surface area is 220 Å². The zero-order valence-electron chi connectivity index (χ0n) is 24.5. The van der Waals surface area contributed by atoms with Crippen molar-refractivity contribution in [1.29, 1.82) is 0 Å². The molecule has 2 fully saturated rings. The van der Waals surface area contributed by atoms with Crippen molar-refractivity contribution in [2.24, 2.45) is 23.2 Å². The maximum atomic E-state index is 11.9. The van der Waals surface area contributed by atoms with Crippen LogP contribution >= 0.6 is 0 Å². The summed E-state index contributed by atoms with van der Waals surface area (Å²) in [5.74, 6) is 2.58. The Balaban J connectivity index is 2.04. The van der Waals surface area contributed by atoms with Crippen molar-refractivity contribution in [3.05, 3.63) is 57.6 Å². The SMILES string of the molecule is CCc1cc(C(c2cc(CC)cc(C(C)(C)C)c2O)C2CC3CCC2C3(C)C)c(O)c(C(C)(C)C)c1. The van der Waals surface area contributed by atoms with Crippen LogP contribution in [0.15, 0.2) is 24.3 Å². The summed E-state index contributed by atoms with van der Waals surface area (Å²) >= 11 is 0. The highest BCUT2D eigenvalue weighted by Gasteiger charge is 2.56. The lowest BCUT2D eigenvalue weighted by Gasteiger charge is -2.36. The van der Waals surface area contributed by atoms with Gasteiger partial charge in [0, 0.05) is 17.0 Å². The summed E-state index contributed by atoms with van der Waals surface area (Å²) in [6, 6.07) is 8.90. The number of phenols is 2. The lowest BCUT2D eigenvalue weighted by atomic mass is 9.68. The highest BCUT2D eigenvalue weighted by atomic mass is 16.3. The van der Waals surface area contributed by atoms with Gasteiger partial charge in [0.2, 0.25) is 0 Å². The van der Waals surface area contributed by atoms with E-state index in [1.165, 1.54) is 30.4 Å². The zero-order chi connectivity index (χ0) is 26.8. The molecule has 2 aromatic carbocycles. The molecule has 3 atom stereocenters. The first-order valence-corrected chi connectivity index (χ1v) is 14.3.